The van der Waals surface area contributed by atoms with Crippen LogP contribution in [0.2, 0.25) is 0 Å². The fraction of sp³-hybridized carbons (Fsp3) is 0.278. The second-order valence-electron chi connectivity index (χ2n) is 5.60. The van der Waals surface area contributed by atoms with E-state index in [2.05, 4.69) is 12.1 Å². The summed E-state index contributed by atoms with van der Waals surface area (Å²) in [6, 6.07) is 13.9. The first kappa shape index (κ1) is 14.7. The Morgan fingerprint density at radius 3 is 2.77 bits per heavy atom. The van der Waals surface area contributed by atoms with Crippen LogP contribution in [0.4, 0.5) is 4.39 Å². The standard InChI is InChI=1S/C18H18FNO2/c1-20(18(21)14-7-4-8-16(19)9-14)11-17-10-13-5-2-3-6-15(13)12-22-17/h2-9,17H,10-12H2,1H3. The van der Waals surface area contributed by atoms with Crippen molar-refractivity contribution in [3.63, 3.8) is 0 Å². The Hall–Kier alpha value is -2.20. The summed E-state index contributed by atoms with van der Waals surface area (Å²) in [6.45, 7) is 1.06. The summed E-state index contributed by atoms with van der Waals surface area (Å²) in [5, 5.41) is 0. The molecule has 3 rings (SSSR count). The third kappa shape index (κ3) is 3.17. The van der Waals surface area contributed by atoms with Gasteiger partial charge in [-0.15, -0.1) is 0 Å². The zero-order chi connectivity index (χ0) is 15.5. The smallest absolute Gasteiger partial charge is 0.253 e. The number of fused-ring (bicyclic) bond motifs is 1. The molecule has 0 radical (unpaired) electrons. The molecule has 0 bridgehead atoms. The first-order valence-electron chi connectivity index (χ1n) is 7.33. The summed E-state index contributed by atoms with van der Waals surface area (Å²) in [5.41, 5.74) is 2.84. The first-order valence-corrected chi connectivity index (χ1v) is 7.33. The number of hydrogen-bond acceptors (Lipinski definition) is 2. The van der Waals surface area contributed by atoms with Crippen molar-refractivity contribution in [2.45, 2.75) is 19.1 Å². The summed E-state index contributed by atoms with van der Waals surface area (Å²) < 4.78 is 19.0. The van der Waals surface area contributed by atoms with Crippen LogP contribution in [0.1, 0.15) is 21.5 Å². The van der Waals surface area contributed by atoms with Gasteiger partial charge in [0.1, 0.15) is 5.82 Å². The molecule has 0 fully saturated rings. The van der Waals surface area contributed by atoms with Crippen molar-refractivity contribution in [1.82, 2.24) is 4.90 Å². The lowest BCUT2D eigenvalue weighted by atomic mass is 9.99. The van der Waals surface area contributed by atoms with Crippen LogP contribution in [0.5, 0.6) is 0 Å². The van der Waals surface area contributed by atoms with E-state index in [4.69, 9.17) is 4.74 Å². The number of likely N-dealkylation sites (N-methyl/N-ethyl adjacent to an activating group) is 1. The fourth-order valence-electron chi connectivity index (χ4n) is 2.76. The van der Waals surface area contributed by atoms with Crippen LogP contribution in [-0.4, -0.2) is 30.5 Å². The first-order chi connectivity index (χ1) is 10.6. The Morgan fingerprint density at radius 1 is 1.23 bits per heavy atom. The molecule has 1 aliphatic rings. The SMILES string of the molecule is CN(CC1Cc2ccccc2CO1)C(=O)c1cccc(F)c1. The predicted octanol–water partition coefficient (Wildman–Crippen LogP) is 3.04. The molecule has 0 aliphatic carbocycles. The number of nitrogens with zero attached hydrogens (tertiary/aromatic N) is 1. The van der Waals surface area contributed by atoms with E-state index in [9.17, 15) is 9.18 Å². The normalized spacial score (nSPS) is 16.9. The molecule has 4 heteroatoms. The van der Waals surface area contributed by atoms with Crippen molar-refractivity contribution in [3.8, 4) is 0 Å². The van der Waals surface area contributed by atoms with Crippen molar-refractivity contribution >= 4 is 5.91 Å². The van der Waals surface area contributed by atoms with Crippen LogP contribution in [0.15, 0.2) is 48.5 Å². The molecule has 22 heavy (non-hydrogen) atoms. The lowest BCUT2D eigenvalue weighted by Gasteiger charge is -2.29. The minimum Gasteiger partial charge on any atom is -0.371 e. The average molecular weight is 299 g/mol. The van der Waals surface area contributed by atoms with E-state index in [-0.39, 0.29) is 12.0 Å². The molecule has 0 saturated heterocycles. The fourth-order valence-corrected chi connectivity index (χ4v) is 2.76. The number of rotatable bonds is 3. The lowest BCUT2D eigenvalue weighted by molar-refractivity contribution is 0.00984. The van der Waals surface area contributed by atoms with E-state index < -0.39 is 5.82 Å². The van der Waals surface area contributed by atoms with Gasteiger partial charge in [-0.2, -0.15) is 0 Å². The van der Waals surface area contributed by atoms with Gasteiger partial charge < -0.3 is 9.64 Å². The van der Waals surface area contributed by atoms with Gasteiger partial charge in [0.25, 0.3) is 5.91 Å². The topological polar surface area (TPSA) is 29.5 Å². The van der Waals surface area contributed by atoms with Crippen LogP contribution in [0, 0.1) is 5.82 Å². The second kappa shape index (κ2) is 6.28. The zero-order valence-electron chi connectivity index (χ0n) is 12.5. The molecule has 0 saturated carbocycles. The van der Waals surface area contributed by atoms with E-state index in [1.165, 1.54) is 23.3 Å². The highest BCUT2D eigenvalue weighted by Crippen LogP contribution is 2.21. The largest absolute Gasteiger partial charge is 0.371 e. The van der Waals surface area contributed by atoms with Crippen LogP contribution in [0.3, 0.4) is 0 Å². The minimum absolute atomic E-state index is 0.0302. The van der Waals surface area contributed by atoms with E-state index in [1.54, 1.807) is 24.1 Å². The van der Waals surface area contributed by atoms with Crippen molar-refractivity contribution in [1.29, 1.82) is 0 Å². The van der Waals surface area contributed by atoms with Gasteiger partial charge in [0, 0.05) is 25.6 Å². The molecule has 0 aromatic heterocycles. The Labute approximate surface area is 129 Å². The molecule has 1 heterocycles. The van der Waals surface area contributed by atoms with Gasteiger partial charge in [-0.1, -0.05) is 30.3 Å². The number of carbonyl (C=O) groups is 1. The third-order valence-electron chi connectivity index (χ3n) is 3.94. The molecular formula is C18H18FNO2. The Bertz CT molecular complexity index is 686. The number of ether oxygens (including phenoxy) is 1. The number of carbonyl (C=O) groups excluding carboxylic acids is 1. The van der Waals surface area contributed by atoms with Crippen molar-refractivity contribution in [2.24, 2.45) is 0 Å². The van der Waals surface area contributed by atoms with E-state index >= 15 is 0 Å². The predicted molar refractivity (Wildman–Crippen MR) is 82.1 cm³/mol. The van der Waals surface area contributed by atoms with Crippen molar-refractivity contribution in [3.05, 3.63) is 71.0 Å². The molecular weight excluding hydrogens is 281 g/mol. The molecule has 0 spiro atoms. The van der Waals surface area contributed by atoms with Crippen LogP contribution >= 0.6 is 0 Å². The highest BCUT2D eigenvalue weighted by Gasteiger charge is 2.22. The molecule has 1 atom stereocenters. The monoisotopic (exact) mass is 299 g/mol. The Balaban J connectivity index is 1.65. The summed E-state index contributed by atoms with van der Waals surface area (Å²) in [4.78, 5) is 13.9. The summed E-state index contributed by atoms with van der Waals surface area (Å²) in [7, 11) is 1.72. The number of hydrogen-bond donors (Lipinski definition) is 0. The van der Waals surface area contributed by atoms with Crippen molar-refractivity contribution in [2.75, 3.05) is 13.6 Å². The van der Waals surface area contributed by atoms with Gasteiger partial charge in [-0.05, 0) is 29.3 Å². The van der Waals surface area contributed by atoms with E-state index in [0.29, 0.717) is 18.7 Å². The molecule has 114 valence electrons. The highest BCUT2D eigenvalue weighted by molar-refractivity contribution is 5.94. The average Bonchev–Trinajstić information content (AvgIpc) is 2.54. The number of benzene rings is 2. The van der Waals surface area contributed by atoms with E-state index in [0.717, 1.165) is 6.42 Å². The molecule has 1 amide bonds. The second-order valence-corrected chi connectivity index (χ2v) is 5.60. The lowest BCUT2D eigenvalue weighted by Crippen LogP contribution is -2.38. The highest BCUT2D eigenvalue weighted by atomic mass is 19.1. The molecule has 3 nitrogen and oxygen atoms in total. The molecule has 2 aromatic carbocycles. The number of amides is 1. The van der Waals surface area contributed by atoms with E-state index in [1.807, 2.05) is 12.1 Å². The molecule has 1 unspecified atom stereocenters. The summed E-state index contributed by atoms with van der Waals surface area (Å²) in [6.07, 6.45) is 0.758. The van der Waals surface area contributed by atoms with Gasteiger partial charge in [-0.3, -0.25) is 4.79 Å². The Kier molecular flexibility index (Phi) is 4.20. The van der Waals surface area contributed by atoms with Gasteiger partial charge in [0.05, 0.1) is 12.7 Å². The third-order valence-corrected chi connectivity index (χ3v) is 3.94. The van der Waals surface area contributed by atoms with Crippen LogP contribution in [0.25, 0.3) is 0 Å². The summed E-state index contributed by atoms with van der Waals surface area (Å²) in [5.74, 6) is -0.593. The molecule has 2 aromatic rings. The van der Waals surface area contributed by atoms with Gasteiger partial charge in [-0.25, -0.2) is 4.39 Å². The van der Waals surface area contributed by atoms with Gasteiger partial charge >= 0.3 is 0 Å². The number of halogens is 1. The van der Waals surface area contributed by atoms with Crippen LogP contribution in [-0.2, 0) is 17.8 Å². The van der Waals surface area contributed by atoms with Crippen LogP contribution < -0.4 is 0 Å². The summed E-state index contributed by atoms with van der Waals surface area (Å²) >= 11 is 0. The minimum atomic E-state index is -0.401. The molecule has 1 aliphatic heterocycles. The Morgan fingerprint density at radius 2 is 2.00 bits per heavy atom. The maximum atomic E-state index is 13.2. The zero-order valence-corrected chi connectivity index (χ0v) is 12.5. The maximum Gasteiger partial charge on any atom is 0.253 e. The molecule has 0 N–H and O–H groups in total. The van der Waals surface area contributed by atoms with Gasteiger partial charge in [0.2, 0.25) is 0 Å². The van der Waals surface area contributed by atoms with Crippen molar-refractivity contribution < 1.29 is 13.9 Å². The maximum absolute atomic E-state index is 13.2. The quantitative estimate of drug-likeness (QED) is 0.872. The van der Waals surface area contributed by atoms with Gasteiger partial charge in [0.15, 0.2) is 0 Å².